The van der Waals surface area contributed by atoms with Gasteiger partial charge in [0.15, 0.2) is 5.69 Å². The van der Waals surface area contributed by atoms with Crippen molar-refractivity contribution in [3.8, 4) is 5.69 Å². The Hall–Kier alpha value is -3.82. The van der Waals surface area contributed by atoms with Crippen LogP contribution in [0.2, 0.25) is 0 Å². The minimum atomic E-state index is -1.26. The van der Waals surface area contributed by atoms with Crippen LogP contribution >= 0.6 is 11.8 Å². The number of carboxylic acids is 2. The van der Waals surface area contributed by atoms with Gasteiger partial charge in [-0.1, -0.05) is 31.2 Å². The van der Waals surface area contributed by atoms with Gasteiger partial charge >= 0.3 is 11.9 Å². The summed E-state index contributed by atoms with van der Waals surface area (Å²) in [6.07, 6.45) is 3.62. The van der Waals surface area contributed by atoms with E-state index in [0.717, 1.165) is 0 Å². The first-order valence-corrected chi connectivity index (χ1v) is 15.6. The number of para-hydroxylation sites is 1. The Morgan fingerprint density at radius 3 is 2.39 bits per heavy atom. The number of thioether (sulfide) groups is 1. The Morgan fingerprint density at radius 1 is 1.14 bits per heavy atom. The molecule has 0 saturated carbocycles. The molecule has 3 heterocycles. The molecule has 1 aromatic heterocycles. The highest BCUT2D eigenvalue weighted by Crippen LogP contribution is 2.25. The van der Waals surface area contributed by atoms with Gasteiger partial charge in [-0.15, -0.1) is 5.10 Å². The van der Waals surface area contributed by atoms with Crippen molar-refractivity contribution >= 4 is 35.5 Å². The van der Waals surface area contributed by atoms with E-state index in [-0.39, 0.29) is 41.1 Å². The van der Waals surface area contributed by atoms with Crippen LogP contribution in [0.25, 0.3) is 5.69 Å². The predicted octanol–water partition coefficient (Wildman–Crippen LogP) is 1.92. The summed E-state index contributed by atoms with van der Waals surface area (Å²) in [6.45, 7) is 8.17. The maximum absolute atomic E-state index is 14.6. The van der Waals surface area contributed by atoms with E-state index in [4.69, 9.17) is 14.9 Å². The van der Waals surface area contributed by atoms with Crippen molar-refractivity contribution in [3.63, 3.8) is 0 Å². The zero-order valence-electron chi connectivity index (χ0n) is 25.0. The van der Waals surface area contributed by atoms with Crippen LogP contribution in [-0.2, 0) is 24.9 Å². The lowest BCUT2D eigenvalue weighted by Gasteiger charge is -2.40. The summed E-state index contributed by atoms with van der Waals surface area (Å²) in [4.78, 5) is 49.9. The maximum atomic E-state index is 14.6. The van der Waals surface area contributed by atoms with E-state index >= 15 is 0 Å². The zero-order chi connectivity index (χ0) is 32.2. The van der Waals surface area contributed by atoms with Crippen LogP contribution in [0.1, 0.15) is 36.5 Å². The second-order valence-corrected chi connectivity index (χ2v) is 11.6. The van der Waals surface area contributed by atoms with Crippen LogP contribution in [0, 0.1) is 17.7 Å². The highest BCUT2D eigenvalue weighted by molar-refractivity contribution is 7.97. The van der Waals surface area contributed by atoms with Crippen molar-refractivity contribution in [1.82, 2.24) is 30.1 Å². The van der Waals surface area contributed by atoms with Crippen LogP contribution in [0.15, 0.2) is 36.4 Å². The number of carbonyl (C=O) groups is 4. The van der Waals surface area contributed by atoms with Crippen molar-refractivity contribution in [2.75, 3.05) is 52.2 Å². The van der Waals surface area contributed by atoms with Crippen LogP contribution < -0.4 is 5.32 Å². The largest absolute Gasteiger partial charge is 0.478 e. The molecule has 1 aromatic carbocycles. The second-order valence-electron chi connectivity index (χ2n) is 10.7. The molecule has 0 radical (unpaired) electrons. The molecule has 15 heteroatoms. The molecule has 13 nitrogen and oxygen atoms in total. The predicted molar refractivity (Wildman–Crippen MR) is 161 cm³/mol. The number of amides is 2. The van der Waals surface area contributed by atoms with E-state index < -0.39 is 17.8 Å². The van der Waals surface area contributed by atoms with Gasteiger partial charge in [0.05, 0.1) is 24.8 Å². The van der Waals surface area contributed by atoms with E-state index in [0.29, 0.717) is 76.0 Å². The summed E-state index contributed by atoms with van der Waals surface area (Å²) in [5.41, 5.74) is 1.06. The molecule has 2 aliphatic rings. The van der Waals surface area contributed by atoms with Gasteiger partial charge in [0.25, 0.3) is 5.91 Å². The van der Waals surface area contributed by atoms with Crippen LogP contribution in [0.3, 0.4) is 0 Å². The number of nitrogens with one attached hydrogen (secondary N) is 1. The summed E-state index contributed by atoms with van der Waals surface area (Å²) in [6, 6.07) is 6.18. The number of carbonyl (C=O) groups excluding carboxylic acids is 2. The van der Waals surface area contributed by atoms with Crippen molar-refractivity contribution < 1.29 is 38.5 Å². The Kier molecular flexibility index (Phi) is 13.3. The van der Waals surface area contributed by atoms with Crippen LogP contribution in [0.4, 0.5) is 4.39 Å². The third-order valence-electron chi connectivity index (χ3n) is 6.96. The van der Waals surface area contributed by atoms with Gasteiger partial charge in [-0.2, -0.15) is 11.8 Å². The number of hydrogen-bond donors (Lipinski definition) is 3. The first-order valence-electron chi connectivity index (χ1n) is 14.2. The molecule has 0 bridgehead atoms. The fourth-order valence-corrected chi connectivity index (χ4v) is 5.54. The molecule has 2 aliphatic heterocycles. The molecule has 2 aromatic rings. The first kappa shape index (κ1) is 34.7. The Morgan fingerprint density at radius 2 is 1.80 bits per heavy atom. The lowest BCUT2D eigenvalue weighted by molar-refractivity contribution is -0.140. The number of aliphatic carboxylic acids is 2. The molecule has 0 unspecified atom stereocenters. The number of piperidine rings is 1. The highest BCUT2D eigenvalue weighted by atomic mass is 32.2. The van der Waals surface area contributed by atoms with Gasteiger partial charge < -0.3 is 30.1 Å². The van der Waals surface area contributed by atoms with Crippen molar-refractivity contribution in [1.29, 1.82) is 0 Å². The normalized spacial score (nSPS) is 18.5. The van der Waals surface area contributed by atoms with Gasteiger partial charge in [-0.3, -0.25) is 9.59 Å². The fourth-order valence-electron chi connectivity index (χ4n) is 5.01. The maximum Gasteiger partial charge on any atom is 0.328 e. The lowest BCUT2D eigenvalue weighted by Crippen LogP contribution is -2.56. The Labute approximate surface area is 259 Å². The highest BCUT2D eigenvalue weighted by Gasteiger charge is 2.37. The number of benzene rings is 1. The van der Waals surface area contributed by atoms with E-state index in [1.807, 2.05) is 16.1 Å². The molecular formula is C29H39FN6O7S. The number of nitrogens with zero attached hydrogens (tertiary/aromatic N) is 5. The molecule has 2 fully saturated rings. The minimum absolute atomic E-state index is 0.112. The number of carboxylic acid groups (broad SMARTS) is 2. The summed E-state index contributed by atoms with van der Waals surface area (Å²) in [5.74, 6) is -2.59. The van der Waals surface area contributed by atoms with Crippen molar-refractivity contribution in [2.45, 2.75) is 32.1 Å². The van der Waals surface area contributed by atoms with Gasteiger partial charge in [-0.25, -0.2) is 18.7 Å². The molecule has 0 aliphatic carbocycles. The third-order valence-corrected chi connectivity index (χ3v) is 7.52. The van der Waals surface area contributed by atoms with Gasteiger partial charge in [-0.05, 0) is 30.7 Å². The van der Waals surface area contributed by atoms with Crippen molar-refractivity contribution in [2.24, 2.45) is 11.8 Å². The zero-order valence-corrected chi connectivity index (χ0v) is 25.8. The molecule has 2 atom stereocenters. The molecule has 2 saturated heterocycles. The molecule has 0 spiro atoms. The van der Waals surface area contributed by atoms with Crippen LogP contribution in [0.5, 0.6) is 0 Å². The average Bonchev–Trinajstić information content (AvgIpc) is 3.42. The third kappa shape index (κ3) is 9.59. The standard InChI is InChI=1S/C25H35FN6O3S.C4H4O4/c1-17(2)15-31(19-12-18(13-27-14-19)24(33)30-8-10-35-11-9-30)25(34)23-22(16-36-3)32(29-28-23)21-7-5-4-6-20(21)26;5-3(6)1-2-4(7)8/h4-7,17-19,27H,8-16H2,1-3H3;1-2H,(H,5,6)(H,7,8)/b;2-1+/t18-,19+;/m1./s1. The first-order chi connectivity index (χ1) is 21.0. The molecular weight excluding hydrogens is 595 g/mol. The monoisotopic (exact) mass is 634 g/mol. The quantitative estimate of drug-likeness (QED) is 0.327. The Bertz CT molecular complexity index is 1320. The van der Waals surface area contributed by atoms with Gasteiger partial charge in [0, 0.05) is 56.7 Å². The number of halogens is 1. The van der Waals surface area contributed by atoms with Crippen molar-refractivity contribution in [3.05, 3.63) is 53.6 Å². The topological polar surface area (TPSA) is 167 Å². The molecule has 3 N–H and O–H groups in total. The van der Waals surface area contributed by atoms with Gasteiger partial charge in [0.1, 0.15) is 11.5 Å². The average molecular weight is 635 g/mol. The van der Waals surface area contributed by atoms with E-state index in [1.165, 1.54) is 22.5 Å². The second kappa shape index (κ2) is 16.9. The molecule has 44 heavy (non-hydrogen) atoms. The SMILES string of the molecule is CSCc1c(C(=O)N(CC(C)C)[C@@H]2CNC[C@H](C(=O)N3CCOCC3)C2)nnn1-c1ccccc1F.O=C(O)/C=C/C(=O)O. The van der Waals surface area contributed by atoms with E-state index in [9.17, 15) is 23.6 Å². The summed E-state index contributed by atoms with van der Waals surface area (Å²) in [5, 5.41) is 27.4. The lowest BCUT2D eigenvalue weighted by atomic mass is 9.92. The number of hydrogen-bond acceptors (Lipinski definition) is 9. The number of ether oxygens (including phenoxy) is 1. The molecule has 2 amide bonds. The minimum Gasteiger partial charge on any atom is -0.478 e. The van der Waals surface area contributed by atoms with Gasteiger partial charge in [0.2, 0.25) is 5.91 Å². The number of rotatable bonds is 10. The molecule has 4 rings (SSSR count). The Balaban J connectivity index is 0.000000583. The number of morpholine rings is 1. The molecule has 240 valence electrons. The van der Waals surface area contributed by atoms with E-state index in [1.54, 1.807) is 18.2 Å². The summed E-state index contributed by atoms with van der Waals surface area (Å²) in [7, 11) is 0. The van der Waals surface area contributed by atoms with Crippen LogP contribution in [-0.4, -0.2) is 117 Å². The summed E-state index contributed by atoms with van der Waals surface area (Å²) < 4.78 is 21.4. The number of aromatic nitrogens is 3. The summed E-state index contributed by atoms with van der Waals surface area (Å²) >= 11 is 1.52. The fraction of sp³-hybridized carbons (Fsp3) is 0.517. The van der Waals surface area contributed by atoms with E-state index in [2.05, 4.69) is 29.5 Å². The smallest absolute Gasteiger partial charge is 0.328 e.